The predicted molar refractivity (Wildman–Crippen MR) is 99.5 cm³/mol. The van der Waals surface area contributed by atoms with E-state index in [1.54, 1.807) is 29.1 Å². The van der Waals surface area contributed by atoms with Crippen LogP contribution in [-0.2, 0) is 11.2 Å². The Labute approximate surface area is 156 Å². The number of carbonyl (C=O) groups excluding carboxylic acids is 1. The number of pyridine rings is 1. The van der Waals surface area contributed by atoms with E-state index in [0.717, 1.165) is 10.9 Å². The summed E-state index contributed by atoms with van der Waals surface area (Å²) in [5, 5.41) is 14.8. The normalized spacial score (nSPS) is 16.6. The monoisotopic (exact) mass is 364 g/mol. The second-order valence-electron chi connectivity index (χ2n) is 7.01. The highest BCUT2D eigenvalue weighted by Gasteiger charge is 2.36. The van der Waals surface area contributed by atoms with Gasteiger partial charge in [-0.05, 0) is 37.5 Å². The fourth-order valence-corrected chi connectivity index (χ4v) is 3.65. The fourth-order valence-electron chi connectivity index (χ4n) is 3.65. The number of carboxylic acids is 1. The number of aromatic nitrogens is 3. The SMILES string of the molecule is CC(C)n1ncc2cc(C(=O)N3CCc4ccccc4C3C(=O)O)cnc21. The summed E-state index contributed by atoms with van der Waals surface area (Å²) in [5.41, 5.74) is 2.73. The predicted octanol–water partition coefficient (Wildman–Crippen LogP) is 2.84. The molecule has 0 aliphatic carbocycles. The first-order valence-corrected chi connectivity index (χ1v) is 8.92. The zero-order valence-corrected chi connectivity index (χ0v) is 15.2. The van der Waals surface area contributed by atoms with Crippen molar-refractivity contribution in [2.24, 2.45) is 0 Å². The van der Waals surface area contributed by atoms with Gasteiger partial charge in [0.25, 0.3) is 5.91 Å². The van der Waals surface area contributed by atoms with Crippen LogP contribution in [0.25, 0.3) is 11.0 Å². The number of fused-ring (bicyclic) bond motifs is 2. The Balaban J connectivity index is 1.72. The molecule has 7 nitrogen and oxygen atoms in total. The second-order valence-corrected chi connectivity index (χ2v) is 7.01. The van der Waals surface area contributed by atoms with Crippen molar-refractivity contribution >= 4 is 22.9 Å². The van der Waals surface area contributed by atoms with E-state index in [1.807, 2.05) is 26.0 Å². The minimum absolute atomic E-state index is 0.159. The molecule has 0 fully saturated rings. The molecule has 0 saturated carbocycles. The van der Waals surface area contributed by atoms with Crippen LogP contribution in [0.15, 0.2) is 42.7 Å². The summed E-state index contributed by atoms with van der Waals surface area (Å²) in [6, 6.07) is 8.29. The van der Waals surface area contributed by atoms with Crippen LogP contribution in [-0.4, -0.2) is 43.2 Å². The Bertz CT molecular complexity index is 1040. The Morgan fingerprint density at radius 3 is 2.74 bits per heavy atom. The van der Waals surface area contributed by atoms with Crippen molar-refractivity contribution in [2.45, 2.75) is 32.4 Å². The smallest absolute Gasteiger partial charge is 0.331 e. The lowest BCUT2D eigenvalue weighted by molar-refractivity contribution is -0.143. The molecule has 1 amide bonds. The Kier molecular flexibility index (Phi) is 4.14. The highest BCUT2D eigenvalue weighted by atomic mass is 16.4. The number of nitrogens with zero attached hydrogens (tertiary/aromatic N) is 4. The van der Waals surface area contributed by atoms with E-state index in [9.17, 15) is 14.7 Å². The Morgan fingerprint density at radius 1 is 1.22 bits per heavy atom. The van der Waals surface area contributed by atoms with E-state index < -0.39 is 12.0 Å². The molecule has 7 heteroatoms. The third kappa shape index (κ3) is 2.85. The minimum Gasteiger partial charge on any atom is -0.479 e. The van der Waals surface area contributed by atoms with Gasteiger partial charge in [-0.2, -0.15) is 5.10 Å². The average molecular weight is 364 g/mol. The number of hydrogen-bond donors (Lipinski definition) is 1. The molecule has 1 aliphatic rings. The molecule has 4 rings (SSSR count). The van der Waals surface area contributed by atoms with Crippen LogP contribution in [0.1, 0.15) is 47.4 Å². The zero-order valence-electron chi connectivity index (χ0n) is 15.2. The first-order valence-electron chi connectivity index (χ1n) is 8.92. The van der Waals surface area contributed by atoms with Crippen molar-refractivity contribution in [1.82, 2.24) is 19.7 Å². The molecule has 1 unspecified atom stereocenters. The lowest BCUT2D eigenvalue weighted by Crippen LogP contribution is -2.43. The number of aliphatic carboxylic acids is 1. The highest BCUT2D eigenvalue weighted by Crippen LogP contribution is 2.31. The van der Waals surface area contributed by atoms with Gasteiger partial charge in [0.1, 0.15) is 0 Å². The van der Waals surface area contributed by atoms with Gasteiger partial charge in [-0.15, -0.1) is 0 Å². The zero-order chi connectivity index (χ0) is 19.1. The molecule has 0 bridgehead atoms. The molecular weight excluding hydrogens is 344 g/mol. The summed E-state index contributed by atoms with van der Waals surface area (Å²) in [6.45, 7) is 4.38. The molecular formula is C20H20N4O3. The van der Waals surface area contributed by atoms with Crippen LogP contribution in [0.2, 0.25) is 0 Å². The molecule has 138 valence electrons. The Hall–Kier alpha value is -3.22. The largest absolute Gasteiger partial charge is 0.479 e. The minimum atomic E-state index is -1.03. The molecule has 1 N–H and O–H groups in total. The molecule has 0 spiro atoms. The van der Waals surface area contributed by atoms with Crippen LogP contribution in [0.4, 0.5) is 0 Å². The summed E-state index contributed by atoms with van der Waals surface area (Å²) in [7, 11) is 0. The first-order chi connectivity index (χ1) is 13.0. The van der Waals surface area contributed by atoms with Crippen molar-refractivity contribution in [3.8, 4) is 0 Å². The molecule has 0 saturated heterocycles. The van der Waals surface area contributed by atoms with Crippen LogP contribution in [0.5, 0.6) is 0 Å². The number of carbonyl (C=O) groups is 2. The van der Waals surface area contributed by atoms with E-state index in [1.165, 1.54) is 11.1 Å². The standard InChI is InChI=1S/C20H20N4O3/c1-12(2)24-18-14(11-22-24)9-15(10-21-18)19(25)23-8-7-13-5-3-4-6-16(13)17(23)20(26)27/h3-6,9-12,17H,7-8H2,1-2H3,(H,26,27). The van der Waals surface area contributed by atoms with E-state index in [4.69, 9.17) is 0 Å². The van der Waals surface area contributed by atoms with Crippen molar-refractivity contribution in [2.75, 3.05) is 6.54 Å². The van der Waals surface area contributed by atoms with Crippen LogP contribution < -0.4 is 0 Å². The van der Waals surface area contributed by atoms with Crippen molar-refractivity contribution in [1.29, 1.82) is 0 Å². The summed E-state index contributed by atoms with van der Waals surface area (Å²) in [4.78, 5) is 30.9. The maximum atomic E-state index is 13.1. The molecule has 0 radical (unpaired) electrons. The number of benzene rings is 1. The number of rotatable bonds is 3. The lowest BCUT2D eigenvalue weighted by atomic mass is 9.92. The quantitative estimate of drug-likeness (QED) is 0.772. The highest BCUT2D eigenvalue weighted by molar-refractivity contribution is 5.99. The van der Waals surface area contributed by atoms with E-state index in [-0.39, 0.29) is 11.9 Å². The number of hydrogen-bond acceptors (Lipinski definition) is 4. The van der Waals surface area contributed by atoms with Gasteiger partial charge in [-0.3, -0.25) is 4.79 Å². The molecule has 1 atom stereocenters. The van der Waals surface area contributed by atoms with Crippen LogP contribution in [0.3, 0.4) is 0 Å². The van der Waals surface area contributed by atoms with Gasteiger partial charge in [0.15, 0.2) is 11.7 Å². The van der Waals surface area contributed by atoms with Gasteiger partial charge < -0.3 is 10.0 Å². The number of amides is 1. The molecule has 3 aromatic rings. The van der Waals surface area contributed by atoms with Gasteiger partial charge in [0, 0.05) is 24.2 Å². The topological polar surface area (TPSA) is 88.3 Å². The molecule has 27 heavy (non-hydrogen) atoms. The maximum Gasteiger partial charge on any atom is 0.331 e. The van der Waals surface area contributed by atoms with Crippen LogP contribution >= 0.6 is 0 Å². The fraction of sp³-hybridized carbons (Fsp3) is 0.300. The third-order valence-corrected chi connectivity index (χ3v) is 4.95. The average Bonchev–Trinajstić information content (AvgIpc) is 3.09. The van der Waals surface area contributed by atoms with Gasteiger partial charge in [-0.1, -0.05) is 24.3 Å². The van der Waals surface area contributed by atoms with Crippen molar-refractivity contribution < 1.29 is 14.7 Å². The van der Waals surface area contributed by atoms with E-state index in [2.05, 4.69) is 10.1 Å². The number of carboxylic acid groups (broad SMARTS) is 1. The lowest BCUT2D eigenvalue weighted by Gasteiger charge is -2.34. The van der Waals surface area contributed by atoms with E-state index >= 15 is 0 Å². The summed E-state index contributed by atoms with van der Waals surface area (Å²) >= 11 is 0. The van der Waals surface area contributed by atoms with Gasteiger partial charge in [0.2, 0.25) is 0 Å². The van der Waals surface area contributed by atoms with Crippen molar-refractivity contribution in [3.63, 3.8) is 0 Å². The van der Waals surface area contributed by atoms with Crippen LogP contribution in [0, 0.1) is 0 Å². The summed E-state index contributed by atoms with van der Waals surface area (Å²) < 4.78 is 1.79. The molecule has 3 heterocycles. The van der Waals surface area contributed by atoms with Gasteiger partial charge in [0.05, 0.1) is 11.8 Å². The molecule has 1 aliphatic heterocycles. The first kappa shape index (κ1) is 17.2. The molecule has 1 aromatic carbocycles. The third-order valence-electron chi connectivity index (χ3n) is 4.95. The van der Waals surface area contributed by atoms with Gasteiger partial charge >= 0.3 is 5.97 Å². The van der Waals surface area contributed by atoms with Crippen molar-refractivity contribution in [3.05, 3.63) is 59.4 Å². The summed E-state index contributed by atoms with van der Waals surface area (Å²) in [5.74, 6) is -1.36. The maximum absolute atomic E-state index is 13.1. The summed E-state index contributed by atoms with van der Waals surface area (Å²) in [6.07, 6.45) is 3.82. The van der Waals surface area contributed by atoms with Gasteiger partial charge in [-0.25, -0.2) is 14.5 Å². The molecule has 2 aromatic heterocycles. The van der Waals surface area contributed by atoms with E-state index in [0.29, 0.717) is 29.7 Å². The Morgan fingerprint density at radius 2 is 2.00 bits per heavy atom. The second kappa shape index (κ2) is 6.50.